The Morgan fingerprint density at radius 3 is 2.53 bits per heavy atom. The van der Waals surface area contributed by atoms with E-state index in [1.54, 1.807) is 16.0 Å². The van der Waals surface area contributed by atoms with Gasteiger partial charge in [0.25, 0.3) is 5.92 Å². The second kappa shape index (κ2) is 15.0. The van der Waals surface area contributed by atoms with Gasteiger partial charge in [0, 0.05) is 99.6 Å². The normalized spacial score (nSPS) is 21.8. The number of aromatic amines is 2. The predicted octanol–water partition coefficient (Wildman–Crippen LogP) is 5.04. The Balaban J connectivity index is 0.813. The van der Waals surface area contributed by atoms with Crippen molar-refractivity contribution >= 4 is 45.9 Å². The maximum atomic E-state index is 14.6. The third-order valence-electron chi connectivity index (χ3n) is 12.3. The Morgan fingerprint density at radius 1 is 1.04 bits per heavy atom. The Morgan fingerprint density at radius 2 is 1.82 bits per heavy atom. The van der Waals surface area contributed by atoms with Crippen LogP contribution < -0.4 is 20.0 Å². The lowest BCUT2D eigenvalue weighted by Gasteiger charge is -2.41. The number of carbonyl (C=O) groups is 3. The van der Waals surface area contributed by atoms with E-state index >= 15 is 0 Å². The van der Waals surface area contributed by atoms with Crippen molar-refractivity contribution in [2.24, 2.45) is 11.8 Å². The molecule has 3 saturated heterocycles. The summed E-state index contributed by atoms with van der Waals surface area (Å²) in [5.74, 6) is -2.15. The summed E-state index contributed by atoms with van der Waals surface area (Å²) in [5.41, 5.74) is 5.18. The number of fused-ring (bicyclic) bond motifs is 2. The molecule has 13 nitrogen and oxygen atoms in total. The van der Waals surface area contributed by atoms with E-state index in [0.717, 1.165) is 92.3 Å². The standard InChI is InChI=1S/C40H50F2N10O3/c1-4-28-20-31-34(22-40(28,41)42)46-47-37(31)33-19-27-5-6-29(21-32(27)44-33)48(3)38(54)25(2)50-17-15-49(16-18-50)24-26-9-12-51(13-10-26)35-8-7-30(23-43-35)52-14-11-36(53)45-39(52)55/h5-8,19,21,23,25-26,28,44H,4,9-18,20,22,24H2,1-3H3,(H,46,47)(H,45,53,55). The number of halogens is 2. The van der Waals surface area contributed by atoms with Crippen LogP contribution in [0.15, 0.2) is 42.6 Å². The summed E-state index contributed by atoms with van der Waals surface area (Å²) < 4.78 is 29.2. The lowest BCUT2D eigenvalue weighted by atomic mass is 9.81. The van der Waals surface area contributed by atoms with Gasteiger partial charge in [0.05, 0.1) is 30.0 Å². The highest BCUT2D eigenvalue weighted by atomic mass is 19.3. The summed E-state index contributed by atoms with van der Waals surface area (Å²) in [6, 6.07) is 11.1. The first kappa shape index (κ1) is 37.1. The number of piperazine rings is 1. The zero-order chi connectivity index (χ0) is 38.4. The van der Waals surface area contributed by atoms with Crippen molar-refractivity contribution in [3.63, 3.8) is 0 Å². The molecule has 0 saturated carbocycles. The third-order valence-corrected chi connectivity index (χ3v) is 12.3. The van der Waals surface area contributed by atoms with E-state index in [1.165, 1.54) is 0 Å². The number of hydrogen-bond donors (Lipinski definition) is 3. The van der Waals surface area contributed by atoms with Crippen LogP contribution in [0.25, 0.3) is 22.3 Å². The molecule has 0 radical (unpaired) electrons. The highest BCUT2D eigenvalue weighted by Crippen LogP contribution is 2.42. The maximum Gasteiger partial charge on any atom is 0.328 e. The number of piperidine rings is 1. The highest BCUT2D eigenvalue weighted by Gasteiger charge is 2.44. The van der Waals surface area contributed by atoms with Gasteiger partial charge in [-0.15, -0.1) is 0 Å². The van der Waals surface area contributed by atoms with Crippen LogP contribution in [0.4, 0.5) is 30.8 Å². The number of anilines is 3. The van der Waals surface area contributed by atoms with E-state index in [9.17, 15) is 23.2 Å². The lowest BCUT2D eigenvalue weighted by molar-refractivity contribution is -0.123. The first-order chi connectivity index (χ1) is 26.5. The fourth-order valence-electron chi connectivity index (χ4n) is 8.80. The molecule has 292 valence electrons. The summed E-state index contributed by atoms with van der Waals surface area (Å²) in [5, 5.41) is 10.6. The number of nitrogens with zero attached hydrogens (tertiary/aromatic N) is 7. The molecule has 2 atom stereocenters. The molecule has 6 heterocycles. The van der Waals surface area contributed by atoms with Gasteiger partial charge in [-0.3, -0.25) is 29.8 Å². The van der Waals surface area contributed by atoms with Gasteiger partial charge in [-0.05, 0) is 68.9 Å². The molecule has 1 aromatic carbocycles. The van der Waals surface area contributed by atoms with E-state index in [4.69, 9.17) is 0 Å². The molecular weight excluding hydrogens is 707 g/mol. The van der Waals surface area contributed by atoms with Gasteiger partial charge in [0.1, 0.15) is 11.5 Å². The number of carbonyl (C=O) groups excluding carboxylic acids is 3. The number of likely N-dealkylation sites (N-methyl/N-ethyl adjacent to an activating group) is 1. The fraction of sp³-hybridized carbons (Fsp3) is 0.525. The molecule has 4 amide bonds. The monoisotopic (exact) mass is 756 g/mol. The van der Waals surface area contributed by atoms with Crippen LogP contribution in [-0.4, -0.2) is 119 Å². The topological polar surface area (TPSA) is 137 Å². The first-order valence-corrected chi connectivity index (χ1v) is 19.6. The third kappa shape index (κ3) is 7.43. The van der Waals surface area contributed by atoms with Crippen molar-refractivity contribution < 1.29 is 23.2 Å². The number of benzene rings is 1. The Kier molecular flexibility index (Phi) is 10.1. The van der Waals surface area contributed by atoms with Crippen LogP contribution in [-0.2, 0) is 22.4 Å². The zero-order valence-electron chi connectivity index (χ0n) is 31.8. The fourth-order valence-corrected chi connectivity index (χ4v) is 8.80. The van der Waals surface area contributed by atoms with Crippen LogP contribution in [0, 0.1) is 11.8 Å². The van der Waals surface area contributed by atoms with Crippen LogP contribution >= 0.6 is 0 Å². The smallest absolute Gasteiger partial charge is 0.328 e. The average Bonchev–Trinajstić information content (AvgIpc) is 3.80. The van der Waals surface area contributed by atoms with Crippen molar-refractivity contribution in [2.75, 3.05) is 74.1 Å². The van der Waals surface area contributed by atoms with Gasteiger partial charge >= 0.3 is 6.03 Å². The van der Waals surface area contributed by atoms with Gasteiger partial charge in [-0.2, -0.15) is 5.10 Å². The number of aromatic nitrogens is 4. The minimum atomic E-state index is -2.74. The molecule has 55 heavy (non-hydrogen) atoms. The molecular formula is C40H50F2N10O3. The molecule has 2 unspecified atom stereocenters. The molecule has 4 aliphatic rings. The van der Waals surface area contributed by atoms with Crippen LogP contribution in [0.2, 0.25) is 0 Å². The molecule has 3 N–H and O–H groups in total. The number of pyridine rings is 1. The molecule has 1 aliphatic carbocycles. The van der Waals surface area contributed by atoms with Crippen molar-refractivity contribution in [1.29, 1.82) is 0 Å². The van der Waals surface area contributed by atoms with Crippen LogP contribution in [0.1, 0.15) is 50.8 Å². The molecule has 15 heteroatoms. The maximum absolute atomic E-state index is 14.6. The van der Waals surface area contributed by atoms with Crippen molar-refractivity contribution in [1.82, 2.24) is 35.3 Å². The number of imide groups is 1. The average molecular weight is 757 g/mol. The molecule has 0 spiro atoms. The van der Waals surface area contributed by atoms with E-state index < -0.39 is 17.9 Å². The quantitative estimate of drug-likeness (QED) is 0.216. The molecule has 4 aromatic rings. The molecule has 3 aromatic heterocycles. The van der Waals surface area contributed by atoms with Gasteiger partial charge in [-0.1, -0.05) is 13.0 Å². The first-order valence-electron chi connectivity index (χ1n) is 19.6. The summed E-state index contributed by atoms with van der Waals surface area (Å²) >= 11 is 0. The van der Waals surface area contributed by atoms with Crippen LogP contribution in [0.3, 0.4) is 0 Å². The number of urea groups is 1. The van der Waals surface area contributed by atoms with E-state index in [-0.39, 0.29) is 30.7 Å². The van der Waals surface area contributed by atoms with Crippen LogP contribution in [0.5, 0.6) is 0 Å². The Hall–Kier alpha value is -4.89. The number of H-pyrrole nitrogens is 2. The number of rotatable bonds is 9. The van der Waals surface area contributed by atoms with Gasteiger partial charge in [0.15, 0.2) is 0 Å². The molecule has 0 bridgehead atoms. The van der Waals surface area contributed by atoms with E-state index in [0.29, 0.717) is 42.4 Å². The van der Waals surface area contributed by atoms with Gasteiger partial charge in [0.2, 0.25) is 11.8 Å². The summed E-state index contributed by atoms with van der Waals surface area (Å²) in [6.07, 6.45) is 4.54. The largest absolute Gasteiger partial charge is 0.357 e. The number of hydrogen-bond acceptors (Lipinski definition) is 8. The Labute approximate surface area is 319 Å². The van der Waals surface area contributed by atoms with Crippen molar-refractivity contribution in [3.8, 4) is 11.4 Å². The number of nitrogens with one attached hydrogen (secondary N) is 3. The molecule has 3 aliphatic heterocycles. The van der Waals surface area contributed by atoms with E-state index in [1.807, 2.05) is 57.3 Å². The van der Waals surface area contributed by atoms with Crippen molar-refractivity contribution in [2.45, 2.75) is 64.3 Å². The minimum Gasteiger partial charge on any atom is -0.357 e. The number of alkyl halides is 2. The van der Waals surface area contributed by atoms with Crippen molar-refractivity contribution in [3.05, 3.63) is 53.9 Å². The second-order valence-corrected chi connectivity index (χ2v) is 15.7. The summed E-state index contributed by atoms with van der Waals surface area (Å²) in [6.45, 7) is 10.6. The highest BCUT2D eigenvalue weighted by molar-refractivity contribution is 6.05. The molecule has 3 fully saturated rings. The van der Waals surface area contributed by atoms with Gasteiger partial charge < -0.3 is 19.7 Å². The summed E-state index contributed by atoms with van der Waals surface area (Å²) in [4.78, 5) is 55.9. The van der Waals surface area contributed by atoms with Gasteiger partial charge in [-0.25, -0.2) is 18.6 Å². The SMILES string of the molecule is CCC1Cc2c(-c3cc4ccc(N(C)C(=O)C(C)N5CCN(CC6CCN(c7ccc(N8CCC(=O)NC8=O)cn7)CC6)CC5)cc4[nH]3)n[nH]c2CC1(F)F. The molecule has 8 rings (SSSR count). The summed E-state index contributed by atoms with van der Waals surface area (Å²) in [7, 11) is 1.82. The predicted molar refractivity (Wildman–Crippen MR) is 208 cm³/mol. The lowest BCUT2D eigenvalue weighted by Crippen LogP contribution is -2.55. The Bertz CT molecular complexity index is 2050. The van der Waals surface area contributed by atoms with E-state index in [2.05, 4.69) is 40.2 Å². The number of amides is 4. The second-order valence-electron chi connectivity index (χ2n) is 15.7. The zero-order valence-corrected chi connectivity index (χ0v) is 31.8. The minimum absolute atomic E-state index is 0.0378.